The van der Waals surface area contributed by atoms with Crippen LogP contribution in [0.3, 0.4) is 0 Å². The molecule has 0 spiro atoms. The maximum Gasteiger partial charge on any atom is 0.416 e. The number of hydrogen-bond donors (Lipinski definition) is 2. The van der Waals surface area contributed by atoms with E-state index in [0.717, 1.165) is 18.3 Å². The van der Waals surface area contributed by atoms with Gasteiger partial charge in [-0.3, -0.25) is 9.36 Å². The number of hydrogen-bond acceptors (Lipinski definition) is 5. The van der Waals surface area contributed by atoms with Gasteiger partial charge in [0, 0.05) is 25.3 Å². The zero-order chi connectivity index (χ0) is 22.0. The molecule has 30 heavy (non-hydrogen) atoms. The Morgan fingerprint density at radius 1 is 1.23 bits per heavy atom. The maximum absolute atomic E-state index is 15.0. The highest BCUT2D eigenvalue weighted by molar-refractivity contribution is 6.38. The molecule has 1 aromatic carbocycles. The Hall–Kier alpha value is -2.79. The molecular formula is C18H16ClF4N5O2. The van der Waals surface area contributed by atoms with Gasteiger partial charge in [0.15, 0.2) is 0 Å². The van der Waals surface area contributed by atoms with Crippen LogP contribution >= 0.6 is 11.6 Å². The van der Waals surface area contributed by atoms with E-state index >= 15 is 0 Å². The van der Waals surface area contributed by atoms with Gasteiger partial charge < -0.3 is 16.5 Å². The summed E-state index contributed by atoms with van der Waals surface area (Å²) in [4.78, 5) is 26.1. The minimum Gasteiger partial charge on any atom is -0.340 e. The van der Waals surface area contributed by atoms with Crippen LogP contribution in [0.2, 0.25) is 5.02 Å². The molecule has 4 N–H and O–H groups in total. The number of nitrogens with zero attached hydrogens (tertiary/aromatic N) is 3. The Morgan fingerprint density at radius 3 is 2.47 bits per heavy atom. The second-order valence-corrected chi connectivity index (χ2v) is 7.48. The van der Waals surface area contributed by atoms with Crippen molar-refractivity contribution in [3.05, 3.63) is 61.2 Å². The topological polar surface area (TPSA) is 99.3 Å². The maximum atomic E-state index is 15.0. The largest absolute Gasteiger partial charge is 0.416 e. The van der Waals surface area contributed by atoms with Crippen molar-refractivity contribution in [3.8, 4) is 0 Å². The summed E-state index contributed by atoms with van der Waals surface area (Å²) < 4.78 is 56.1. The molecular weight excluding hydrogens is 430 g/mol. The fraction of sp³-hybridized carbons (Fsp3) is 0.333. The molecule has 2 heterocycles. The summed E-state index contributed by atoms with van der Waals surface area (Å²) in [6, 6.07) is 0.638. The van der Waals surface area contributed by atoms with Gasteiger partial charge in [-0.2, -0.15) is 17.8 Å². The van der Waals surface area contributed by atoms with Crippen molar-refractivity contribution in [2.24, 2.45) is 5.73 Å². The van der Waals surface area contributed by atoms with Gasteiger partial charge in [-0.15, -0.1) is 0 Å². The molecule has 2 aromatic rings. The zero-order valence-electron chi connectivity index (χ0n) is 15.3. The third kappa shape index (κ3) is 3.08. The smallest absolute Gasteiger partial charge is 0.340 e. The first-order valence-electron chi connectivity index (χ1n) is 8.95. The molecule has 1 aromatic heterocycles. The second-order valence-electron chi connectivity index (χ2n) is 7.10. The van der Waals surface area contributed by atoms with Crippen molar-refractivity contribution in [1.29, 1.82) is 0 Å². The summed E-state index contributed by atoms with van der Waals surface area (Å²) in [6.45, 7) is -0.762. The molecule has 4 rings (SSSR count). The summed E-state index contributed by atoms with van der Waals surface area (Å²) in [6.07, 6.45) is -1.36. The molecule has 0 saturated heterocycles. The highest BCUT2D eigenvalue weighted by atomic mass is 35.5. The normalized spacial score (nSPS) is 17.3. The number of halogens is 5. The number of rotatable bonds is 3. The molecule has 1 fully saturated rings. The lowest BCUT2D eigenvalue weighted by molar-refractivity contribution is -0.0897. The van der Waals surface area contributed by atoms with Crippen LogP contribution in [0, 0.1) is 5.82 Å². The quantitative estimate of drug-likeness (QED) is 0.557. The Bertz CT molecular complexity index is 1240. The average Bonchev–Trinajstić information content (AvgIpc) is 3.51. The zero-order valence-corrected chi connectivity index (χ0v) is 16.1. The van der Waals surface area contributed by atoms with Crippen molar-refractivity contribution in [2.75, 3.05) is 23.8 Å². The predicted octanol–water partition coefficient (Wildman–Crippen LogP) is 2.16. The Labute approximate surface area is 171 Å². The first kappa shape index (κ1) is 20.5. The van der Waals surface area contributed by atoms with Gasteiger partial charge in [-0.05, 0) is 24.5 Å². The minimum absolute atomic E-state index is 0.000521. The first-order valence-corrected chi connectivity index (χ1v) is 9.33. The van der Waals surface area contributed by atoms with Gasteiger partial charge in [0.1, 0.15) is 5.82 Å². The van der Waals surface area contributed by atoms with E-state index in [0.29, 0.717) is 17.5 Å². The average molecular weight is 446 g/mol. The number of nitrogen functional groups attached to an aromatic ring is 1. The molecule has 2 aliphatic rings. The van der Waals surface area contributed by atoms with Crippen LogP contribution in [0.5, 0.6) is 0 Å². The summed E-state index contributed by atoms with van der Waals surface area (Å²) in [7, 11) is 0. The molecule has 12 heteroatoms. The fourth-order valence-electron chi connectivity index (χ4n) is 3.61. The van der Waals surface area contributed by atoms with E-state index < -0.39 is 35.4 Å². The van der Waals surface area contributed by atoms with Crippen molar-refractivity contribution < 1.29 is 17.6 Å². The van der Waals surface area contributed by atoms with Crippen LogP contribution < -0.4 is 27.7 Å². The lowest BCUT2D eigenvalue weighted by Crippen LogP contribution is -2.44. The van der Waals surface area contributed by atoms with Gasteiger partial charge in [0.2, 0.25) is 0 Å². The lowest BCUT2D eigenvalue weighted by atomic mass is 10.0. The number of alkyl halides is 3. The first-order chi connectivity index (χ1) is 14.1. The van der Waals surface area contributed by atoms with Crippen LogP contribution in [0.1, 0.15) is 18.9 Å². The standard InChI is InChI=1S/C18H16ClF4N5O2/c19-13-14-10(16(29)28(25)17(30)27(14)9-1-2-9)5-12(20)15(13)26-4-3-11(18(21,22)23)8(6-24)7-26/h3,5,7,9H,1-2,4,6,24-25H2. The van der Waals surface area contributed by atoms with Gasteiger partial charge in [-0.1, -0.05) is 17.7 Å². The molecule has 0 amide bonds. The highest BCUT2D eigenvalue weighted by Crippen LogP contribution is 2.42. The number of anilines is 1. The van der Waals surface area contributed by atoms with E-state index in [-0.39, 0.29) is 39.8 Å². The van der Waals surface area contributed by atoms with E-state index in [1.807, 2.05) is 0 Å². The van der Waals surface area contributed by atoms with Crippen LogP contribution in [0.4, 0.5) is 23.2 Å². The van der Waals surface area contributed by atoms with Gasteiger partial charge in [0.25, 0.3) is 5.56 Å². The molecule has 1 aliphatic heterocycles. The Morgan fingerprint density at radius 2 is 1.90 bits per heavy atom. The Balaban J connectivity index is 1.96. The molecule has 1 aliphatic carbocycles. The number of nitrogens with two attached hydrogens (primary N) is 2. The lowest BCUT2D eigenvalue weighted by Gasteiger charge is -2.29. The summed E-state index contributed by atoms with van der Waals surface area (Å²) in [5.74, 6) is 4.60. The summed E-state index contributed by atoms with van der Waals surface area (Å²) >= 11 is 6.44. The summed E-state index contributed by atoms with van der Waals surface area (Å²) in [5.41, 5.74) is 2.33. The van der Waals surface area contributed by atoms with Crippen LogP contribution in [-0.2, 0) is 0 Å². The predicted molar refractivity (Wildman–Crippen MR) is 104 cm³/mol. The Kier molecular flexibility index (Phi) is 4.70. The van der Waals surface area contributed by atoms with Crippen molar-refractivity contribution in [3.63, 3.8) is 0 Å². The monoisotopic (exact) mass is 445 g/mol. The minimum atomic E-state index is -4.61. The molecule has 160 valence electrons. The third-order valence-electron chi connectivity index (χ3n) is 5.14. The van der Waals surface area contributed by atoms with Crippen LogP contribution in [0.25, 0.3) is 10.9 Å². The van der Waals surface area contributed by atoms with E-state index in [2.05, 4.69) is 0 Å². The SMILES string of the molecule is NCC1=CN(c2c(F)cc3c(=O)n(N)c(=O)n(C4CC4)c3c2Cl)CC=C1C(F)(F)F. The molecule has 7 nitrogen and oxygen atoms in total. The molecule has 0 unspecified atom stereocenters. The van der Waals surface area contributed by atoms with E-state index in [1.54, 1.807) is 0 Å². The van der Waals surface area contributed by atoms with Crippen LogP contribution in [-0.4, -0.2) is 28.5 Å². The van der Waals surface area contributed by atoms with Gasteiger partial charge >= 0.3 is 11.9 Å². The van der Waals surface area contributed by atoms with Crippen LogP contribution in [0.15, 0.2) is 39.1 Å². The number of fused-ring (bicyclic) bond motifs is 1. The van der Waals surface area contributed by atoms with E-state index in [9.17, 15) is 27.2 Å². The number of aromatic nitrogens is 2. The van der Waals surface area contributed by atoms with Crippen molar-refractivity contribution in [1.82, 2.24) is 9.24 Å². The van der Waals surface area contributed by atoms with Gasteiger partial charge in [0.05, 0.1) is 27.2 Å². The number of benzene rings is 1. The molecule has 0 atom stereocenters. The molecule has 0 radical (unpaired) electrons. The van der Waals surface area contributed by atoms with E-state index in [4.69, 9.17) is 23.2 Å². The van der Waals surface area contributed by atoms with Gasteiger partial charge in [-0.25, -0.2) is 9.18 Å². The van der Waals surface area contributed by atoms with Crippen molar-refractivity contribution >= 4 is 28.2 Å². The second kappa shape index (κ2) is 6.88. The molecule has 0 bridgehead atoms. The highest BCUT2D eigenvalue weighted by Gasteiger charge is 2.38. The summed E-state index contributed by atoms with van der Waals surface area (Å²) in [5, 5.41) is -0.454. The fourth-order valence-corrected chi connectivity index (χ4v) is 4.00. The van der Waals surface area contributed by atoms with Crippen molar-refractivity contribution in [2.45, 2.75) is 25.1 Å². The molecule has 1 saturated carbocycles. The van der Waals surface area contributed by atoms with E-state index in [1.165, 1.54) is 9.47 Å². The third-order valence-corrected chi connectivity index (χ3v) is 5.50.